The molecular formula is C9H5BrO4. The lowest BCUT2D eigenvalue weighted by molar-refractivity contribution is 0.0665. The number of furan rings is 1. The van der Waals surface area contributed by atoms with Crippen molar-refractivity contribution >= 4 is 32.9 Å². The molecule has 0 spiro atoms. The van der Waals surface area contributed by atoms with Gasteiger partial charge in [0.2, 0.25) is 5.76 Å². The molecule has 1 aromatic carbocycles. The fraction of sp³-hybridized carbons (Fsp3) is 0. The van der Waals surface area contributed by atoms with E-state index in [1.54, 1.807) is 12.1 Å². The topological polar surface area (TPSA) is 70.7 Å². The van der Waals surface area contributed by atoms with Gasteiger partial charge in [-0.2, -0.15) is 0 Å². The molecule has 0 aliphatic rings. The van der Waals surface area contributed by atoms with Crippen molar-refractivity contribution in [3.05, 3.63) is 28.4 Å². The molecule has 0 fully saturated rings. The van der Waals surface area contributed by atoms with Gasteiger partial charge in [0.05, 0.1) is 9.86 Å². The van der Waals surface area contributed by atoms with Crippen LogP contribution in [0.5, 0.6) is 5.75 Å². The van der Waals surface area contributed by atoms with Crippen molar-refractivity contribution < 1.29 is 19.4 Å². The van der Waals surface area contributed by atoms with Crippen molar-refractivity contribution in [2.75, 3.05) is 0 Å². The number of halogens is 1. The second-order valence-corrected chi connectivity index (χ2v) is 3.58. The second kappa shape index (κ2) is 3.02. The summed E-state index contributed by atoms with van der Waals surface area (Å²) in [5.41, 5.74) is 0.350. The number of rotatable bonds is 1. The summed E-state index contributed by atoms with van der Waals surface area (Å²) in [7, 11) is 0. The third-order valence-corrected chi connectivity index (χ3v) is 2.47. The highest BCUT2D eigenvalue weighted by atomic mass is 79.9. The smallest absolute Gasteiger partial charge is 0.371 e. The Labute approximate surface area is 86.9 Å². The zero-order chi connectivity index (χ0) is 10.3. The molecule has 14 heavy (non-hydrogen) atoms. The molecule has 0 aliphatic heterocycles. The van der Waals surface area contributed by atoms with Crippen LogP contribution in [-0.2, 0) is 0 Å². The lowest BCUT2D eigenvalue weighted by Crippen LogP contribution is -1.91. The number of hydrogen-bond acceptors (Lipinski definition) is 3. The van der Waals surface area contributed by atoms with Crippen LogP contribution >= 0.6 is 15.9 Å². The average molecular weight is 257 g/mol. The lowest BCUT2D eigenvalue weighted by Gasteiger charge is -1.95. The Bertz CT molecular complexity index is 515. The van der Waals surface area contributed by atoms with Crippen LogP contribution in [0.4, 0.5) is 0 Å². The SMILES string of the molecule is O=C(O)c1cc2c(O)c(Br)ccc2o1. The van der Waals surface area contributed by atoms with E-state index in [1.165, 1.54) is 6.07 Å². The van der Waals surface area contributed by atoms with Crippen LogP contribution < -0.4 is 0 Å². The van der Waals surface area contributed by atoms with E-state index in [-0.39, 0.29) is 11.5 Å². The number of carboxylic acid groups (broad SMARTS) is 1. The third kappa shape index (κ3) is 1.26. The Morgan fingerprint density at radius 3 is 2.79 bits per heavy atom. The van der Waals surface area contributed by atoms with Gasteiger partial charge in [0, 0.05) is 6.07 Å². The van der Waals surface area contributed by atoms with Crippen molar-refractivity contribution in [1.29, 1.82) is 0 Å². The van der Waals surface area contributed by atoms with E-state index in [0.29, 0.717) is 15.4 Å². The van der Waals surface area contributed by atoms with Crippen LogP contribution in [0.25, 0.3) is 11.0 Å². The molecule has 1 heterocycles. The summed E-state index contributed by atoms with van der Waals surface area (Å²) in [5, 5.41) is 18.6. The fourth-order valence-corrected chi connectivity index (χ4v) is 1.52. The first kappa shape index (κ1) is 9.08. The maximum Gasteiger partial charge on any atom is 0.371 e. The Hall–Kier alpha value is -1.49. The number of carboxylic acids is 1. The summed E-state index contributed by atoms with van der Waals surface area (Å²) in [6.07, 6.45) is 0. The quantitative estimate of drug-likeness (QED) is 0.823. The maximum atomic E-state index is 10.6. The summed E-state index contributed by atoms with van der Waals surface area (Å²) >= 11 is 3.12. The molecule has 2 aromatic rings. The highest BCUT2D eigenvalue weighted by molar-refractivity contribution is 9.10. The van der Waals surface area contributed by atoms with E-state index in [4.69, 9.17) is 9.52 Å². The van der Waals surface area contributed by atoms with Crippen molar-refractivity contribution in [3.8, 4) is 5.75 Å². The number of benzene rings is 1. The molecule has 0 atom stereocenters. The zero-order valence-corrected chi connectivity index (χ0v) is 8.41. The molecule has 0 unspecified atom stereocenters. The molecule has 0 saturated heterocycles. The van der Waals surface area contributed by atoms with Gasteiger partial charge in [-0.3, -0.25) is 0 Å². The van der Waals surface area contributed by atoms with Crippen molar-refractivity contribution in [2.45, 2.75) is 0 Å². The minimum atomic E-state index is -1.16. The lowest BCUT2D eigenvalue weighted by atomic mass is 10.2. The van der Waals surface area contributed by atoms with E-state index >= 15 is 0 Å². The second-order valence-electron chi connectivity index (χ2n) is 2.72. The van der Waals surface area contributed by atoms with Crippen LogP contribution in [0.1, 0.15) is 10.6 Å². The first-order valence-electron chi connectivity index (χ1n) is 3.74. The van der Waals surface area contributed by atoms with Crippen LogP contribution in [0.2, 0.25) is 0 Å². The predicted molar refractivity (Wildman–Crippen MR) is 52.5 cm³/mol. The van der Waals surface area contributed by atoms with E-state index < -0.39 is 5.97 Å². The number of phenolic OH excluding ortho intramolecular Hbond substituents is 1. The van der Waals surface area contributed by atoms with Crippen LogP contribution in [0.3, 0.4) is 0 Å². The summed E-state index contributed by atoms with van der Waals surface area (Å²) in [6, 6.07) is 4.47. The molecule has 2 N–H and O–H groups in total. The molecule has 4 nitrogen and oxygen atoms in total. The molecule has 0 saturated carbocycles. The molecule has 0 aliphatic carbocycles. The molecule has 0 amide bonds. The van der Waals surface area contributed by atoms with Gasteiger partial charge in [0.25, 0.3) is 0 Å². The first-order valence-corrected chi connectivity index (χ1v) is 4.53. The van der Waals surface area contributed by atoms with Gasteiger partial charge in [-0.25, -0.2) is 4.79 Å². The van der Waals surface area contributed by atoms with Crippen molar-refractivity contribution in [3.63, 3.8) is 0 Å². The van der Waals surface area contributed by atoms with E-state index in [9.17, 15) is 9.90 Å². The van der Waals surface area contributed by atoms with E-state index in [1.807, 2.05) is 0 Å². The van der Waals surface area contributed by atoms with Gasteiger partial charge in [-0.1, -0.05) is 0 Å². The van der Waals surface area contributed by atoms with Gasteiger partial charge in [0.15, 0.2) is 0 Å². The number of fused-ring (bicyclic) bond motifs is 1. The molecule has 72 valence electrons. The minimum Gasteiger partial charge on any atom is -0.506 e. The molecule has 0 radical (unpaired) electrons. The van der Waals surface area contributed by atoms with Crippen LogP contribution in [0, 0.1) is 0 Å². The van der Waals surface area contributed by atoms with Gasteiger partial charge in [0.1, 0.15) is 11.3 Å². The molecule has 2 rings (SSSR count). The number of hydrogen-bond donors (Lipinski definition) is 2. The fourth-order valence-electron chi connectivity index (χ4n) is 1.18. The van der Waals surface area contributed by atoms with E-state index in [0.717, 1.165) is 0 Å². The molecule has 1 aromatic heterocycles. The summed E-state index contributed by atoms with van der Waals surface area (Å²) in [4.78, 5) is 10.6. The molecular weight excluding hydrogens is 252 g/mol. The van der Waals surface area contributed by atoms with Crippen LogP contribution in [-0.4, -0.2) is 16.2 Å². The van der Waals surface area contributed by atoms with Crippen molar-refractivity contribution in [1.82, 2.24) is 0 Å². The summed E-state index contributed by atoms with van der Waals surface area (Å²) < 4.78 is 5.49. The number of carbonyl (C=O) groups is 1. The number of aromatic carboxylic acids is 1. The standard InChI is InChI=1S/C9H5BrO4/c10-5-1-2-6-4(8(5)11)3-7(14-6)9(12)13/h1-3,11H,(H,12,13). The van der Waals surface area contributed by atoms with Gasteiger partial charge < -0.3 is 14.6 Å². The maximum absolute atomic E-state index is 10.6. The Balaban J connectivity index is 2.77. The van der Waals surface area contributed by atoms with Crippen molar-refractivity contribution in [2.24, 2.45) is 0 Å². The Morgan fingerprint density at radius 1 is 1.43 bits per heavy atom. The zero-order valence-electron chi connectivity index (χ0n) is 6.82. The first-order chi connectivity index (χ1) is 6.59. The summed E-state index contributed by atoms with van der Waals surface area (Å²) in [5.74, 6) is -1.36. The average Bonchev–Trinajstić information content (AvgIpc) is 2.56. The molecule has 0 bridgehead atoms. The number of aromatic hydroxyl groups is 1. The number of phenols is 1. The highest BCUT2D eigenvalue weighted by Gasteiger charge is 2.14. The van der Waals surface area contributed by atoms with Gasteiger partial charge in [-0.15, -0.1) is 0 Å². The highest BCUT2D eigenvalue weighted by Crippen LogP contribution is 2.34. The third-order valence-electron chi connectivity index (χ3n) is 1.83. The largest absolute Gasteiger partial charge is 0.506 e. The van der Waals surface area contributed by atoms with E-state index in [2.05, 4.69) is 15.9 Å². The minimum absolute atomic E-state index is 0.0150. The Morgan fingerprint density at radius 2 is 2.14 bits per heavy atom. The van der Waals surface area contributed by atoms with Gasteiger partial charge >= 0.3 is 5.97 Å². The molecule has 5 heteroatoms. The van der Waals surface area contributed by atoms with Gasteiger partial charge in [-0.05, 0) is 28.1 Å². The van der Waals surface area contributed by atoms with Crippen LogP contribution in [0.15, 0.2) is 27.1 Å². The predicted octanol–water partition coefficient (Wildman–Crippen LogP) is 2.60. The summed E-state index contributed by atoms with van der Waals surface area (Å²) in [6.45, 7) is 0. The monoisotopic (exact) mass is 256 g/mol. The Kier molecular flexibility index (Phi) is 1.96. The normalized spacial score (nSPS) is 10.6.